The minimum atomic E-state index is -0.0749. The number of hydrogen-bond donors (Lipinski definition) is 1. The summed E-state index contributed by atoms with van der Waals surface area (Å²) in [6.45, 7) is 8.94. The number of aromatic hydroxyl groups is 1. The van der Waals surface area contributed by atoms with Crippen LogP contribution in [0.4, 0.5) is 0 Å². The summed E-state index contributed by atoms with van der Waals surface area (Å²) >= 11 is 5.98. The molecule has 0 saturated carbocycles. The third-order valence-electron chi connectivity index (χ3n) is 4.72. The number of halogens is 1. The lowest BCUT2D eigenvalue weighted by molar-refractivity contribution is 0.302. The molecule has 2 heteroatoms. The van der Waals surface area contributed by atoms with Crippen molar-refractivity contribution in [2.45, 2.75) is 38.5 Å². The maximum Gasteiger partial charge on any atom is 0.115 e. The summed E-state index contributed by atoms with van der Waals surface area (Å²) in [7, 11) is 0. The number of rotatable bonds is 3. The first-order valence-corrected chi connectivity index (χ1v) is 7.18. The molecule has 0 fully saturated rings. The summed E-state index contributed by atoms with van der Waals surface area (Å²) in [6, 6.07) is 15.5. The summed E-state index contributed by atoms with van der Waals surface area (Å²) in [5.74, 6) is 0.300. The van der Waals surface area contributed by atoms with E-state index in [0.717, 1.165) is 5.02 Å². The van der Waals surface area contributed by atoms with Crippen molar-refractivity contribution in [3.63, 3.8) is 0 Å². The zero-order valence-electron chi connectivity index (χ0n) is 12.4. The van der Waals surface area contributed by atoms with Gasteiger partial charge in [-0.1, -0.05) is 63.6 Å². The van der Waals surface area contributed by atoms with Gasteiger partial charge in [-0.25, -0.2) is 0 Å². The topological polar surface area (TPSA) is 20.2 Å². The number of benzene rings is 2. The van der Waals surface area contributed by atoms with Crippen molar-refractivity contribution in [3.8, 4) is 5.75 Å². The Morgan fingerprint density at radius 1 is 0.700 bits per heavy atom. The molecule has 2 rings (SSSR count). The van der Waals surface area contributed by atoms with E-state index < -0.39 is 0 Å². The summed E-state index contributed by atoms with van der Waals surface area (Å²) in [5.41, 5.74) is 2.32. The van der Waals surface area contributed by atoms with Crippen LogP contribution in [0, 0.1) is 0 Å². The lowest BCUT2D eigenvalue weighted by atomic mass is 9.61. The molecule has 0 aliphatic carbocycles. The predicted molar refractivity (Wildman–Crippen MR) is 85.6 cm³/mol. The van der Waals surface area contributed by atoms with Crippen molar-refractivity contribution >= 4 is 11.6 Å². The van der Waals surface area contributed by atoms with Gasteiger partial charge in [-0.15, -0.1) is 0 Å². The second kappa shape index (κ2) is 5.14. The maximum atomic E-state index is 9.46. The smallest absolute Gasteiger partial charge is 0.115 e. The van der Waals surface area contributed by atoms with Crippen LogP contribution in [0.15, 0.2) is 48.5 Å². The van der Waals surface area contributed by atoms with Crippen LogP contribution in [0.2, 0.25) is 5.02 Å². The van der Waals surface area contributed by atoms with Crippen molar-refractivity contribution < 1.29 is 5.11 Å². The van der Waals surface area contributed by atoms with Crippen molar-refractivity contribution in [1.82, 2.24) is 0 Å². The molecule has 2 aromatic carbocycles. The standard InChI is InChI=1S/C18H21ClO/c1-17(2,13-5-9-15(19)10-6-13)18(3,4)14-7-11-16(20)12-8-14/h5-12,20H,1-4H3. The molecule has 1 N–H and O–H groups in total. The Bertz CT molecular complexity index is 524. The van der Waals surface area contributed by atoms with E-state index in [1.807, 2.05) is 24.3 Å². The zero-order chi connectivity index (χ0) is 15.0. The first kappa shape index (κ1) is 14.9. The molecule has 1 nitrogen and oxygen atoms in total. The van der Waals surface area contributed by atoms with Crippen LogP contribution in [0.25, 0.3) is 0 Å². The van der Waals surface area contributed by atoms with Crippen LogP contribution >= 0.6 is 11.6 Å². The molecule has 2 aromatic rings. The average Bonchev–Trinajstić information content (AvgIpc) is 2.39. The van der Waals surface area contributed by atoms with Crippen LogP contribution in [0.3, 0.4) is 0 Å². The quantitative estimate of drug-likeness (QED) is 0.812. The van der Waals surface area contributed by atoms with E-state index in [-0.39, 0.29) is 10.8 Å². The minimum absolute atomic E-state index is 0.0610. The molecule has 0 aromatic heterocycles. The number of phenolic OH excluding ortho intramolecular Hbond substituents is 1. The molecule has 0 amide bonds. The molecule has 0 atom stereocenters. The van der Waals surface area contributed by atoms with Gasteiger partial charge in [-0.2, -0.15) is 0 Å². The van der Waals surface area contributed by atoms with Gasteiger partial charge in [0.2, 0.25) is 0 Å². The molecule has 106 valence electrons. The lowest BCUT2D eigenvalue weighted by Gasteiger charge is -2.43. The molecular formula is C18H21ClO. The molecule has 0 radical (unpaired) electrons. The molecule has 0 aliphatic rings. The van der Waals surface area contributed by atoms with Crippen LogP contribution < -0.4 is 0 Å². The van der Waals surface area contributed by atoms with Crippen molar-refractivity contribution in [2.24, 2.45) is 0 Å². The van der Waals surface area contributed by atoms with Crippen molar-refractivity contribution in [1.29, 1.82) is 0 Å². The van der Waals surface area contributed by atoms with Gasteiger partial charge in [0.1, 0.15) is 5.75 Å². The SMILES string of the molecule is CC(C)(c1ccc(O)cc1)C(C)(C)c1ccc(Cl)cc1. The van der Waals surface area contributed by atoms with Gasteiger partial charge in [-0.3, -0.25) is 0 Å². The van der Waals surface area contributed by atoms with E-state index >= 15 is 0 Å². The molecule has 0 heterocycles. The van der Waals surface area contributed by atoms with Crippen LogP contribution in [0.5, 0.6) is 5.75 Å². The molecular weight excluding hydrogens is 268 g/mol. The van der Waals surface area contributed by atoms with Gasteiger partial charge in [0.25, 0.3) is 0 Å². The fraction of sp³-hybridized carbons (Fsp3) is 0.333. The molecule has 0 saturated heterocycles. The first-order chi connectivity index (χ1) is 9.25. The fourth-order valence-corrected chi connectivity index (χ4v) is 2.59. The number of hydrogen-bond acceptors (Lipinski definition) is 1. The highest BCUT2D eigenvalue weighted by atomic mass is 35.5. The van der Waals surface area contributed by atoms with E-state index in [1.165, 1.54) is 11.1 Å². The summed E-state index contributed by atoms with van der Waals surface area (Å²) in [5, 5.41) is 10.2. The summed E-state index contributed by atoms with van der Waals surface area (Å²) in [6.07, 6.45) is 0. The largest absolute Gasteiger partial charge is 0.508 e. The highest BCUT2D eigenvalue weighted by Gasteiger charge is 2.39. The second-order valence-electron chi connectivity index (χ2n) is 6.30. The van der Waals surface area contributed by atoms with Gasteiger partial charge in [0.05, 0.1) is 0 Å². The Kier molecular flexibility index (Phi) is 3.84. The van der Waals surface area contributed by atoms with Gasteiger partial charge in [0, 0.05) is 5.02 Å². The predicted octanol–water partition coefficient (Wildman–Crippen LogP) is 5.30. The Morgan fingerprint density at radius 2 is 1.05 bits per heavy atom. The van der Waals surface area contributed by atoms with Crippen molar-refractivity contribution in [3.05, 3.63) is 64.7 Å². The van der Waals surface area contributed by atoms with Gasteiger partial charge >= 0.3 is 0 Å². The van der Waals surface area contributed by atoms with Gasteiger partial charge in [0.15, 0.2) is 0 Å². The molecule has 20 heavy (non-hydrogen) atoms. The third-order valence-corrected chi connectivity index (χ3v) is 4.97. The Labute approximate surface area is 126 Å². The summed E-state index contributed by atoms with van der Waals surface area (Å²) in [4.78, 5) is 0. The highest BCUT2D eigenvalue weighted by Crippen LogP contribution is 2.44. The average molecular weight is 289 g/mol. The first-order valence-electron chi connectivity index (χ1n) is 6.81. The van der Waals surface area contributed by atoms with Crippen LogP contribution in [-0.2, 0) is 10.8 Å². The zero-order valence-corrected chi connectivity index (χ0v) is 13.2. The molecule has 0 spiro atoms. The Hall–Kier alpha value is -1.47. The van der Waals surface area contributed by atoms with E-state index in [0.29, 0.717) is 5.75 Å². The maximum absolute atomic E-state index is 9.46. The number of phenols is 1. The lowest BCUT2D eigenvalue weighted by Crippen LogP contribution is -2.40. The van der Waals surface area contributed by atoms with E-state index in [2.05, 4.69) is 39.8 Å². The third kappa shape index (κ3) is 2.55. The second-order valence-corrected chi connectivity index (χ2v) is 6.74. The van der Waals surface area contributed by atoms with Crippen molar-refractivity contribution in [2.75, 3.05) is 0 Å². The Balaban J connectivity index is 2.45. The van der Waals surface area contributed by atoms with Gasteiger partial charge in [-0.05, 0) is 46.2 Å². The monoisotopic (exact) mass is 288 g/mol. The fourth-order valence-electron chi connectivity index (χ4n) is 2.47. The van der Waals surface area contributed by atoms with E-state index in [4.69, 9.17) is 11.6 Å². The highest BCUT2D eigenvalue weighted by molar-refractivity contribution is 6.30. The normalized spacial score (nSPS) is 12.4. The summed E-state index contributed by atoms with van der Waals surface area (Å²) < 4.78 is 0. The van der Waals surface area contributed by atoms with Crippen LogP contribution in [0.1, 0.15) is 38.8 Å². The van der Waals surface area contributed by atoms with E-state index in [9.17, 15) is 5.11 Å². The molecule has 0 bridgehead atoms. The minimum Gasteiger partial charge on any atom is -0.508 e. The van der Waals surface area contributed by atoms with Crippen LogP contribution in [-0.4, -0.2) is 5.11 Å². The molecule has 0 unspecified atom stereocenters. The van der Waals surface area contributed by atoms with Gasteiger partial charge < -0.3 is 5.11 Å². The Morgan fingerprint density at radius 3 is 1.45 bits per heavy atom. The molecule has 0 aliphatic heterocycles. The van der Waals surface area contributed by atoms with E-state index in [1.54, 1.807) is 12.1 Å².